The van der Waals surface area contributed by atoms with Crippen LogP contribution in [0.25, 0.3) is 6.08 Å². The highest BCUT2D eigenvalue weighted by molar-refractivity contribution is 5.95. The summed E-state index contributed by atoms with van der Waals surface area (Å²) in [5.41, 5.74) is 1.23. The molecule has 5 nitrogen and oxygen atoms in total. The number of benzene rings is 2. The number of piperazine rings is 1. The molecule has 0 atom stereocenters. The molecular formula is C21H21FN2O3. The van der Waals surface area contributed by atoms with Crippen molar-refractivity contribution in [1.82, 2.24) is 9.80 Å². The molecule has 0 N–H and O–H groups in total. The van der Waals surface area contributed by atoms with Crippen molar-refractivity contribution in [3.05, 3.63) is 71.6 Å². The Morgan fingerprint density at radius 1 is 1.00 bits per heavy atom. The van der Waals surface area contributed by atoms with Gasteiger partial charge in [-0.1, -0.05) is 12.1 Å². The highest BCUT2D eigenvalue weighted by Crippen LogP contribution is 2.14. The topological polar surface area (TPSA) is 49.9 Å². The Balaban J connectivity index is 1.54. The molecule has 0 radical (unpaired) electrons. The van der Waals surface area contributed by atoms with E-state index in [0.717, 1.165) is 0 Å². The van der Waals surface area contributed by atoms with E-state index < -0.39 is 0 Å². The van der Waals surface area contributed by atoms with Gasteiger partial charge in [0.25, 0.3) is 5.91 Å². The average Bonchev–Trinajstić information content (AvgIpc) is 2.72. The van der Waals surface area contributed by atoms with Crippen molar-refractivity contribution in [1.29, 1.82) is 0 Å². The van der Waals surface area contributed by atoms with E-state index >= 15 is 0 Å². The number of nitrogens with zero attached hydrogens (tertiary/aromatic N) is 2. The lowest BCUT2D eigenvalue weighted by atomic mass is 10.1. The molecule has 1 heterocycles. The van der Waals surface area contributed by atoms with Gasteiger partial charge in [-0.15, -0.1) is 0 Å². The summed E-state index contributed by atoms with van der Waals surface area (Å²) in [6.07, 6.45) is 3.04. The van der Waals surface area contributed by atoms with E-state index in [1.807, 2.05) is 0 Å². The summed E-state index contributed by atoms with van der Waals surface area (Å²) in [6.45, 7) is 1.89. The van der Waals surface area contributed by atoms with E-state index in [9.17, 15) is 14.0 Å². The third-order valence-corrected chi connectivity index (χ3v) is 4.48. The number of ether oxygens (including phenoxy) is 1. The van der Waals surface area contributed by atoms with Crippen LogP contribution in [-0.2, 0) is 4.79 Å². The normalized spacial score (nSPS) is 14.4. The van der Waals surface area contributed by atoms with Crippen molar-refractivity contribution in [3.63, 3.8) is 0 Å². The van der Waals surface area contributed by atoms with Crippen LogP contribution >= 0.6 is 0 Å². The molecule has 1 aliphatic rings. The number of methoxy groups -OCH3 is 1. The number of halogens is 1. The predicted molar refractivity (Wildman–Crippen MR) is 101 cm³/mol. The highest BCUT2D eigenvalue weighted by atomic mass is 19.1. The molecule has 0 unspecified atom stereocenters. The molecule has 27 heavy (non-hydrogen) atoms. The van der Waals surface area contributed by atoms with Gasteiger partial charge in [0.05, 0.1) is 7.11 Å². The van der Waals surface area contributed by atoms with Crippen molar-refractivity contribution >= 4 is 17.9 Å². The van der Waals surface area contributed by atoms with Crippen molar-refractivity contribution in [2.75, 3.05) is 33.3 Å². The lowest BCUT2D eigenvalue weighted by Crippen LogP contribution is -2.50. The van der Waals surface area contributed by atoms with Gasteiger partial charge in [-0.2, -0.15) is 0 Å². The number of amides is 2. The van der Waals surface area contributed by atoms with Crippen LogP contribution in [0.5, 0.6) is 5.75 Å². The molecule has 3 rings (SSSR count). The number of carbonyl (C=O) groups excluding carboxylic acids is 2. The van der Waals surface area contributed by atoms with E-state index in [1.54, 1.807) is 59.4 Å². The summed E-state index contributed by atoms with van der Waals surface area (Å²) in [5.74, 6) is 0.165. The first-order valence-electron chi connectivity index (χ1n) is 8.73. The standard InChI is InChI=1S/C21H21FN2O3/c1-27-19-8-6-17(7-9-19)21(26)24-13-11-23(12-14-24)20(25)10-5-16-3-2-4-18(22)15-16/h2-10,15H,11-14H2,1H3/b10-5+. The van der Waals surface area contributed by atoms with Gasteiger partial charge in [0.2, 0.25) is 5.91 Å². The van der Waals surface area contributed by atoms with Gasteiger partial charge >= 0.3 is 0 Å². The Hall–Kier alpha value is -3.15. The Kier molecular flexibility index (Phi) is 5.86. The maximum Gasteiger partial charge on any atom is 0.253 e. The second-order valence-corrected chi connectivity index (χ2v) is 6.23. The van der Waals surface area contributed by atoms with Crippen molar-refractivity contribution in [2.45, 2.75) is 0 Å². The number of rotatable bonds is 4. The zero-order valence-corrected chi connectivity index (χ0v) is 15.1. The first kappa shape index (κ1) is 18.6. The Labute approximate surface area is 157 Å². The maximum atomic E-state index is 13.2. The molecule has 1 saturated heterocycles. The fourth-order valence-corrected chi connectivity index (χ4v) is 2.93. The molecular weight excluding hydrogens is 347 g/mol. The molecule has 0 spiro atoms. The molecule has 0 saturated carbocycles. The van der Waals surface area contributed by atoms with Gasteiger partial charge in [-0.25, -0.2) is 4.39 Å². The molecule has 6 heteroatoms. The van der Waals surface area contributed by atoms with Gasteiger partial charge < -0.3 is 14.5 Å². The summed E-state index contributed by atoms with van der Waals surface area (Å²) in [5, 5.41) is 0. The Morgan fingerprint density at radius 3 is 2.30 bits per heavy atom. The van der Waals surface area contributed by atoms with E-state index in [4.69, 9.17) is 4.74 Å². The summed E-state index contributed by atoms with van der Waals surface area (Å²) >= 11 is 0. The molecule has 140 valence electrons. The average molecular weight is 368 g/mol. The fraction of sp³-hybridized carbons (Fsp3) is 0.238. The first-order chi connectivity index (χ1) is 13.1. The van der Waals surface area contributed by atoms with Gasteiger partial charge in [-0.05, 0) is 48.0 Å². The van der Waals surface area contributed by atoms with Gasteiger partial charge in [0.1, 0.15) is 11.6 Å². The van der Waals surface area contributed by atoms with Crippen LogP contribution < -0.4 is 4.74 Å². The Morgan fingerprint density at radius 2 is 1.67 bits per heavy atom. The lowest BCUT2D eigenvalue weighted by Gasteiger charge is -2.34. The van der Waals surface area contributed by atoms with Crippen molar-refractivity contribution < 1.29 is 18.7 Å². The Bertz CT molecular complexity index is 841. The summed E-state index contributed by atoms with van der Waals surface area (Å²) in [6, 6.07) is 13.0. The molecule has 1 fully saturated rings. The lowest BCUT2D eigenvalue weighted by molar-refractivity contribution is -0.127. The monoisotopic (exact) mass is 368 g/mol. The van der Waals surface area contributed by atoms with Crippen LogP contribution in [0, 0.1) is 5.82 Å². The summed E-state index contributed by atoms with van der Waals surface area (Å²) < 4.78 is 18.3. The molecule has 2 aromatic rings. The van der Waals surface area contributed by atoms with Crippen LogP contribution in [0.15, 0.2) is 54.6 Å². The van der Waals surface area contributed by atoms with Gasteiger partial charge in [0, 0.05) is 37.8 Å². The van der Waals surface area contributed by atoms with E-state index in [-0.39, 0.29) is 17.6 Å². The maximum absolute atomic E-state index is 13.2. The molecule has 2 aromatic carbocycles. The van der Waals surface area contributed by atoms with Crippen LogP contribution in [0.2, 0.25) is 0 Å². The molecule has 0 aliphatic carbocycles. The second kappa shape index (κ2) is 8.49. The zero-order valence-electron chi connectivity index (χ0n) is 15.1. The molecule has 2 amide bonds. The third-order valence-electron chi connectivity index (χ3n) is 4.48. The van der Waals surface area contributed by atoms with E-state index in [1.165, 1.54) is 18.2 Å². The molecule has 0 bridgehead atoms. The van der Waals surface area contributed by atoms with Gasteiger partial charge in [-0.3, -0.25) is 9.59 Å². The van der Waals surface area contributed by atoms with E-state index in [0.29, 0.717) is 43.1 Å². The third kappa shape index (κ3) is 4.73. The molecule has 0 aromatic heterocycles. The minimum absolute atomic E-state index is 0.0555. The minimum atomic E-state index is -0.338. The highest BCUT2D eigenvalue weighted by Gasteiger charge is 2.23. The smallest absolute Gasteiger partial charge is 0.253 e. The van der Waals surface area contributed by atoms with Crippen LogP contribution in [0.1, 0.15) is 15.9 Å². The number of carbonyl (C=O) groups is 2. The minimum Gasteiger partial charge on any atom is -0.497 e. The largest absolute Gasteiger partial charge is 0.497 e. The number of hydrogen-bond acceptors (Lipinski definition) is 3. The quantitative estimate of drug-likeness (QED) is 0.780. The number of hydrogen-bond donors (Lipinski definition) is 0. The van der Waals surface area contributed by atoms with Crippen LogP contribution in [0.3, 0.4) is 0 Å². The molecule has 1 aliphatic heterocycles. The van der Waals surface area contributed by atoms with Crippen LogP contribution in [-0.4, -0.2) is 54.9 Å². The van der Waals surface area contributed by atoms with Crippen molar-refractivity contribution in [3.8, 4) is 5.75 Å². The van der Waals surface area contributed by atoms with E-state index in [2.05, 4.69) is 0 Å². The summed E-state index contributed by atoms with van der Waals surface area (Å²) in [7, 11) is 1.58. The second-order valence-electron chi connectivity index (χ2n) is 6.23. The zero-order chi connectivity index (χ0) is 19.2. The predicted octanol–water partition coefficient (Wildman–Crippen LogP) is 2.83. The summed E-state index contributed by atoms with van der Waals surface area (Å²) in [4.78, 5) is 28.3. The van der Waals surface area contributed by atoms with Gasteiger partial charge in [0.15, 0.2) is 0 Å². The fourth-order valence-electron chi connectivity index (χ4n) is 2.93. The SMILES string of the molecule is COc1ccc(C(=O)N2CCN(C(=O)/C=C/c3cccc(F)c3)CC2)cc1. The van der Waals surface area contributed by atoms with Crippen LogP contribution in [0.4, 0.5) is 4.39 Å². The first-order valence-corrected chi connectivity index (χ1v) is 8.73. The van der Waals surface area contributed by atoms with Crippen molar-refractivity contribution in [2.24, 2.45) is 0 Å².